The van der Waals surface area contributed by atoms with Crippen molar-refractivity contribution in [1.29, 1.82) is 0 Å². The van der Waals surface area contributed by atoms with Crippen molar-refractivity contribution in [3.8, 4) is 0 Å². The topological polar surface area (TPSA) is 69.9 Å². The molecule has 1 rings (SSSR count). The van der Waals surface area contributed by atoms with Crippen LogP contribution < -0.4 is 0 Å². The van der Waals surface area contributed by atoms with E-state index in [0.717, 1.165) is 6.26 Å². The molecule has 1 aliphatic heterocycles. The van der Waals surface area contributed by atoms with Crippen LogP contribution in [-0.2, 0) is 4.74 Å². The third-order valence-electron chi connectivity index (χ3n) is 1.21. The quantitative estimate of drug-likeness (QED) is 0.419. The van der Waals surface area contributed by atoms with Crippen molar-refractivity contribution < 1.29 is 20.1 Å². The van der Waals surface area contributed by atoms with Crippen LogP contribution in [0, 0.1) is 0 Å². The van der Waals surface area contributed by atoms with Gasteiger partial charge in [0.15, 0.2) is 9.87 Å². The van der Waals surface area contributed by atoms with Gasteiger partial charge in [0.1, 0.15) is 18.5 Å². The summed E-state index contributed by atoms with van der Waals surface area (Å²) in [5, 5.41) is 26.8. The number of rotatable bonds is 0. The Morgan fingerprint density at radius 1 is 1.50 bits per heavy atom. The van der Waals surface area contributed by atoms with Crippen molar-refractivity contribution in [2.75, 3.05) is 0 Å². The number of alkyl halides is 1. The molecule has 4 nitrogen and oxygen atoms in total. The SMILES string of the molecule is OC1=CO[C@H](I)C(O)C1O. The summed E-state index contributed by atoms with van der Waals surface area (Å²) in [6.45, 7) is 0. The Labute approximate surface area is 71.3 Å². The minimum atomic E-state index is -1.21. The highest BCUT2D eigenvalue weighted by atomic mass is 127. The monoisotopic (exact) mass is 258 g/mol. The standard InChI is InChI=1S/C5H7IO4/c6-5-4(9)3(8)2(7)1-10-5/h1,3-5,7-9H/t3?,4?,5-/m0/s1. The van der Waals surface area contributed by atoms with Crippen LogP contribution in [0.5, 0.6) is 0 Å². The summed E-state index contributed by atoms with van der Waals surface area (Å²) in [5.41, 5.74) is 0. The van der Waals surface area contributed by atoms with E-state index in [9.17, 15) is 0 Å². The molecule has 0 saturated heterocycles. The van der Waals surface area contributed by atoms with E-state index in [1.54, 1.807) is 0 Å². The first-order chi connectivity index (χ1) is 4.63. The first kappa shape index (κ1) is 8.09. The zero-order chi connectivity index (χ0) is 7.72. The Morgan fingerprint density at radius 3 is 2.60 bits per heavy atom. The molecule has 0 radical (unpaired) electrons. The molecule has 0 aromatic heterocycles. The van der Waals surface area contributed by atoms with Crippen LogP contribution in [0.1, 0.15) is 0 Å². The van der Waals surface area contributed by atoms with Crippen LogP contribution in [0.25, 0.3) is 0 Å². The highest BCUT2D eigenvalue weighted by Gasteiger charge is 2.32. The third-order valence-corrected chi connectivity index (χ3v) is 2.24. The number of halogens is 1. The van der Waals surface area contributed by atoms with E-state index in [1.807, 2.05) is 22.6 Å². The summed E-state index contributed by atoms with van der Waals surface area (Å²) in [5.74, 6) is -0.333. The third kappa shape index (κ3) is 1.35. The second-order valence-corrected chi connectivity index (χ2v) is 3.19. The van der Waals surface area contributed by atoms with Crippen LogP contribution in [0.4, 0.5) is 0 Å². The van der Waals surface area contributed by atoms with Crippen molar-refractivity contribution in [2.45, 2.75) is 16.3 Å². The minimum absolute atomic E-state index is 0.333. The van der Waals surface area contributed by atoms with Gasteiger partial charge in [-0.15, -0.1) is 0 Å². The molecule has 0 saturated carbocycles. The molecule has 0 spiro atoms. The second-order valence-electron chi connectivity index (χ2n) is 1.97. The van der Waals surface area contributed by atoms with Gasteiger partial charge in [0.2, 0.25) is 0 Å². The maximum atomic E-state index is 9.03. The van der Waals surface area contributed by atoms with E-state index in [4.69, 9.17) is 20.1 Å². The van der Waals surface area contributed by atoms with E-state index in [-0.39, 0.29) is 5.76 Å². The van der Waals surface area contributed by atoms with Crippen molar-refractivity contribution in [2.24, 2.45) is 0 Å². The van der Waals surface area contributed by atoms with E-state index in [1.165, 1.54) is 0 Å². The van der Waals surface area contributed by atoms with E-state index < -0.39 is 16.3 Å². The molecular formula is C5H7IO4. The molecule has 3 atom stereocenters. The van der Waals surface area contributed by atoms with Gasteiger partial charge in [-0.25, -0.2) is 0 Å². The van der Waals surface area contributed by atoms with Crippen LogP contribution >= 0.6 is 22.6 Å². The maximum Gasteiger partial charge on any atom is 0.177 e. The molecule has 0 aromatic rings. The summed E-state index contributed by atoms with van der Waals surface area (Å²) < 4.78 is 4.24. The van der Waals surface area contributed by atoms with Crippen LogP contribution in [-0.4, -0.2) is 31.6 Å². The van der Waals surface area contributed by atoms with Gasteiger partial charge in [-0.05, 0) is 22.6 Å². The van der Waals surface area contributed by atoms with Gasteiger partial charge in [-0.3, -0.25) is 0 Å². The predicted octanol–water partition coefficient (Wildman–Crippen LogP) is -0.101. The zero-order valence-corrected chi connectivity index (χ0v) is 7.09. The Bertz CT molecular complexity index is 158. The molecule has 58 valence electrons. The number of hydrogen-bond donors (Lipinski definition) is 3. The molecule has 0 fully saturated rings. The highest BCUT2D eigenvalue weighted by molar-refractivity contribution is 14.1. The first-order valence-corrected chi connectivity index (χ1v) is 3.92. The lowest BCUT2D eigenvalue weighted by atomic mass is 10.1. The molecule has 0 bridgehead atoms. The number of ether oxygens (including phenoxy) is 1. The Kier molecular flexibility index (Phi) is 2.37. The lowest BCUT2D eigenvalue weighted by Gasteiger charge is -2.25. The first-order valence-electron chi connectivity index (χ1n) is 2.67. The van der Waals surface area contributed by atoms with Crippen molar-refractivity contribution >= 4 is 22.6 Å². The average Bonchev–Trinajstić information content (AvgIpc) is 1.93. The van der Waals surface area contributed by atoms with Crippen molar-refractivity contribution in [3.63, 3.8) is 0 Å². The minimum Gasteiger partial charge on any atom is -0.506 e. The normalized spacial score (nSPS) is 40.3. The van der Waals surface area contributed by atoms with Gasteiger partial charge in [0.25, 0.3) is 0 Å². The molecule has 1 aliphatic rings. The lowest BCUT2D eigenvalue weighted by Crippen LogP contribution is -2.39. The number of aliphatic hydroxyl groups excluding tert-OH is 3. The Hall–Kier alpha value is -0.0100. The molecule has 2 unspecified atom stereocenters. The van der Waals surface area contributed by atoms with Gasteiger partial charge in [-0.1, -0.05) is 0 Å². The molecule has 0 aliphatic carbocycles. The molecule has 5 heteroatoms. The molecule has 0 aromatic carbocycles. The van der Waals surface area contributed by atoms with E-state index >= 15 is 0 Å². The Balaban J connectivity index is 2.71. The van der Waals surface area contributed by atoms with Gasteiger partial charge in [-0.2, -0.15) is 0 Å². The van der Waals surface area contributed by atoms with E-state index in [0.29, 0.717) is 0 Å². The van der Waals surface area contributed by atoms with Crippen LogP contribution in [0.2, 0.25) is 0 Å². The molecule has 1 heterocycles. The lowest BCUT2D eigenvalue weighted by molar-refractivity contribution is -0.0476. The van der Waals surface area contributed by atoms with Gasteiger partial charge in [0, 0.05) is 0 Å². The van der Waals surface area contributed by atoms with Crippen molar-refractivity contribution in [3.05, 3.63) is 12.0 Å². The Morgan fingerprint density at radius 2 is 2.10 bits per heavy atom. The van der Waals surface area contributed by atoms with Gasteiger partial charge in [0.05, 0.1) is 0 Å². The van der Waals surface area contributed by atoms with E-state index in [2.05, 4.69) is 0 Å². The fourth-order valence-electron chi connectivity index (χ4n) is 0.603. The highest BCUT2D eigenvalue weighted by Crippen LogP contribution is 2.21. The molecule has 0 amide bonds. The van der Waals surface area contributed by atoms with Crippen LogP contribution in [0.15, 0.2) is 12.0 Å². The summed E-state index contributed by atoms with van der Waals surface area (Å²) in [4.78, 5) is 0. The molecule has 10 heavy (non-hydrogen) atoms. The van der Waals surface area contributed by atoms with Gasteiger partial charge >= 0.3 is 0 Å². The second kappa shape index (κ2) is 2.93. The summed E-state index contributed by atoms with van der Waals surface area (Å²) in [6, 6.07) is 0. The summed E-state index contributed by atoms with van der Waals surface area (Å²) in [7, 11) is 0. The van der Waals surface area contributed by atoms with Gasteiger partial charge < -0.3 is 20.1 Å². The fourth-order valence-corrected chi connectivity index (χ4v) is 1.14. The largest absolute Gasteiger partial charge is 0.506 e. The molecule has 3 N–H and O–H groups in total. The maximum absolute atomic E-state index is 9.03. The predicted molar refractivity (Wildman–Crippen MR) is 41.6 cm³/mol. The summed E-state index contributed by atoms with van der Waals surface area (Å²) in [6.07, 6.45) is -1.23. The summed E-state index contributed by atoms with van der Waals surface area (Å²) >= 11 is 1.82. The molecular weight excluding hydrogens is 251 g/mol. The smallest absolute Gasteiger partial charge is 0.177 e. The number of hydrogen-bond acceptors (Lipinski definition) is 4. The number of aliphatic hydroxyl groups is 3. The van der Waals surface area contributed by atoms with Crippen LogP contribution in [0.3, 0.4) is 0 Å². The average molecular weight is 258 g/mol. The zero-order valence-electron chi connectivity index (χ0n) is 4.94. The van der Waals surface area contributed by atoms with Crippen molar-refractivity contribution in [1.82, 2.24) is 0 Å². The fraction of sp³-hybridized carbons (Fsp3) is 0.600.